The number of benzene rings is 1. The Kier molecular flexibility index (Phi) is 5.23. The number of hydrogen-bond acceptors (Lipinski definition) is 5. The van der Waals surface area contributed by atoms with Crippen molar-refractivity contribution in [3.63, 3.8) is 0 Å². The summed E-state index contributed by atoms with van der Waals surface area (Å²) < 4.78 is 13.0. The van der Waals surface area contributed by atoms with Crippen LogP contribution >= 0.6 is 0 Å². The maximum absolute atomic E-state index is 13.0. The molecule has 1 aromatic carbocycles. The van der Waals surface area contributed by atoms with E-state index in [0.29, 0.717) is 13.0 Å². The van der Waals surface area contributed by atoms with Crippen molar-refractivity contribution in [3.05, 3.63) is 42.0 Å². The number of halogens is 1. The molecule has 1 amide bonds. The van der Waals surface area contributed by atoms with Crippen LogP contribution in [0.1, 0.15) is 20.3 Å². The Bertz CT molecular complexity index is 656. The van der Waals surface area contributed by atoms with Crippen LogP contribution in [0.2, 0.25) is 0 Å². The van der Waals surface area contributed by atoms with Crippen LogP contribution in [0.15, 0.2) is 36.2 Å². The maximum Gasteiger partial charge on any atom is 0.249 e. The number of anilines is 1. The van der Waals surface area contributed by atoms with E-state index in [1.807, 2.05) is 4.90 Å². The summed E-state index contributed by atoms with van der Waals surface area (Å²) in [6.07, 6.45) is 1.74. The molecule has 1 atom stereocenters. The number of hydrogen-bond donors (Lipinski definition) is 4. The standard InChI is InChI=1S/C17H22FN3O3/c1-17(2,10-22)14(19)9-15(23)20-16(24)13-7-8-21(13)12-5-3-11(18)4-6-12/h3-6,9,13,19,22-23H,7-8,10H2,1-2H3,(H,20,24)/b15-9-,19-14?/t13-/m0/s1. The molecule has 1 aliphatic rings. The first-order valence-electron chi connectivity index (χ1n) is 7.68. The highest BCUT2D eigenvalue weighted by Gasteiger charge is 2.34. The van der Waals surface area contributed by atoms with E-state index in [9.17, 15) is 19.4 Å². The smallest absolute Gasteiger partial charge is 0.249 e. The maximum atomic E-state index is 13.0. The van der Waals surface area contributed by atoms with Crippen LogP contribution in [-0.2, 0) is 4.79 Å². The number of carbonyl (C=O) groups is 1. The molecule has 0 bridgehead atoms. The normalized spacial score (nSPS) is 18.1. The van der Waals surface area contributed by atoms with Crippen LogP contribution in [0.3, 0.4) is 0 Å². The van der Waals surface area contributed by atoms with Gasteiger partial charge < -0.3 is 20.5 Å². The van der Waals surface area contributed by atoms with Crippen LogP contribution in [0.5, 0.6) is 0 Å². The molecule has 7 heteroatoms. The zero-order valence-electron chi connectivity index (χ0n) is 13.7. The Morgan fingerprint density at radius 3 is 2.58 bits per heavy atom. The first-order chi connectivity index (χ1) is 11.2. The first kappa shape index (κ1) is 17.9. The summed E-state index contributed by atoms with van der Waals surface area (Å²) in [4.78, 5) is 14.1. The summed E-state index contributed by atoms with van der Waals surface area (Å²) in [7, 11) is 0. The average Bonchev–Trinajstić information content (AvgIpc) is 2.47. The lowest BCUT2D eigenvalue weighted by Crippen LogP contribution is -2.56. The van der Waals surface area contributed by atoms with E-state index < -0.39 is 23.2 Å². The number of aliphatic hydroxyl groups excluding tert-OH is 2. The average molecular weight is 335 g/mol. The summed E-state index contributed by atoms with van der Waals surface area (Å²) in [6.45, 7) is 3.73. The van der Waals surface area contributed by atoms with Crippen LogP contribution in [0.4, 0.5) is 10.1 Å². The molecule has 0 aliphatic carbocycles. The second-order valence-corrected chi connectivity index (χ2v) is 6.45. The van der Waals surface area contributed by atoms with Gasteiger partial charge in [0.25, 0.3) is 0 Å². The number of nitrogens with zero attached hydrogens (tertiary/aromatic N) is 1. The highest BCUT2D eigenvalue weighted by Crippen LogP contribution is 2.26. The van der Waals surface area contributed by atoms with Crippen molar-refractivity contribution in [3.8, 4) is 0 Å². The van der Waals surface area contributed by atoms with Gasteiger partial charge in [-0.1, -0.05) is 13.8 Å². The van der Waals surface area contributed by atoms with Crippen LogP contribution in [-0.4, -0.2) is 41.0 Å². The number of allylic oxidation sites excluding steroid dienone is 1. The minimum atomic E-state index is -0.810. The molecule has 1 saturated heterocycles. The summed E-state index contributed by atoms with van der Waals surface area (Å²) in [6, 6.07) is 5.41. The monoisotopic (exact) mass is 335 g/mol. The van der Waals surface area contributed by atoms with E-state index >= 15 is 0 Å². The van der Waals surface area contributed by atoms with Crippen molar-refractivity contribution in [2.75, 3.05) is 18.1 Å². The van der Waals surface area contributed by atoms with E-state index in [0.717, 1.165) is 11.8 Å². The molecule has 0 spiro atoms. The SMILES string of the molecule is CC(C)(CO)C(=N)/C=C(\O)NC(=O)[C@@H]1CCN1c1ccc(F)cc1. The molecule has 1 aliphatic heterocycles. The zero-order chi connectivity index (χ0) is 17.9. The highest BCUT2D eigenvalue weighted by molar-refractivity contribution is 5.98. The van der Waals surface area contributed by atoms with Gasteiger partial charge in [0.15, 0.2) is 5.88 Å². The minimum absolute atomic E-state index is 0.00630. The molecular weight excluding hydrogens is 313 g/mol. The molecule has 24 heavy (non-hydrogen) atoms. The first-order valence-corrected chi connectivity index (χ1v) is 7.68. The number of nitrogens with one attached hydrogen (secondary N) is 2. The predicted molar refractivity (Wildman–Crippen MR) is 89.6 cm³/mol. The number of aliphatic hydroxyl groups is 2. The topological polar surface area (TPSA) is 96.6 Å². The third-order valence-corrected chi connectivity index (χ3v) is 4.14. The zero-order valence-corrected chi connectivity index (χ0v) is 13.7. The quantitative estimate of drug-likeness (QED) is 0.472. The van der Waals surface area contributed by atoms with Gasteiger partial charge in [0.1, 0.15) is 11.9 Å². The van der Waals surface area contributed by atoms with E-state index in [4.69, 9.17) is 5.41 Å². The second kappa shape index (κ2) is 7.00. The van der Waals surface area contributed by atoms with Crippen LogP contribution in [0.25, 0.3) is 0 Å². The van der Waals surface area contributed by atoms with Gasteiger partial charge in [-0.25, -0.2) is 4.39 Å². The van der Waals surface area contributed by atoms with Gasteiger partial charge in [0, 0.05) is 29.4 Å². The van der Waals surface area contributed by atoms with Crippen LogP contribution in [0, 0.1) is 16.6 Å². The second-order valence-electron chi connectivity index (χ2n) is 6.45. The molecule has 6 nitrogen and oxygen atoms in total. The minimum Gasteiger partial charge on any atom is -0.494 e. The summed E-state index contributed by atoms with van der Waals surface area (Å²) in [5.41, 5.74) is -0.0674. The van der Waals surface area contributed by atoms with E-state index in [1.165, 1.54) is 12.1 Å². The van der Waals surface area contributed by atoms with Gasteiger partial charge >= 0.3 is 0 Å². The Balaban J connectivity index is 1.99. The lowest BCUT2D eigenvalue weighted by Gasteiger charge is -2.41. The molecule has 0 aromatic heterocycles. The lowest BCUT2D eigenvalue weighted by molar-refractivity contribution is -0.123. The molecule has 0 saturated carbocycles. The third-order valence-electron chi connectivity index (χ3n) is 4.14. The van der Waals surface area contributed by atoms with E-state index in [2.05, 4.69) is 5.32 Å². The summed E-state index contributed by atoms with van der Waals surface area (Å²) >= 11 is 0. The fourth-order valence-corrected chi connectivity index (χ4v) is 2.26. The fraction of sp³-hybridized carbons (Fsp3) is 0.412. The molecule has 1 fully saturated rings. The number of rotatable bonds is 6. The van der Waals surface area contributed by atoms with Crippen LogP contribution < -0.4 is 10.2 Å². The van der Waals surface area contributed by atoms with Gasteiger partial charge in [0.2, 0.25) is 5.91 Å². The highest BCUT2D eigenvalue weighted by atomic mass is 19.1. The third kappa shape index (κ3) is 3.91. The molecular formula is C17H22FN3O3. The molecule has 2 rings (SSSR count). The molecule has 0 unspecified atom stereocenters. The summed E-state index contributed by atoms with van der Waals surface area (Å²) in [5, 5.41) is 29.2. The van der Waals surface area contributed by atoms with Gasteiger partial charge in [-0.05, 0) is 30.7 Å². The van der Waals surface area contributed by atoms with Crippen molar-refractivity contribution >= 4 is 17.3 Å². The van der Waals surface area contributed by atoms with Gasteiger partial charge in [-0.15, -0.1) is 0 Å². The predicted octanol–water partition coefficient (Wildman–Crippen LogP) is 1.96. The van der Waals surface area contributed by atoms with E-state index in [-0.39, 0.29) is 18.1 Å². The molecule has 0 radical (unpaired) electrons. The number of amides is 1. The fourth-order valence-electron chi connectivity index (χ4n) is 2.26. The number of carbonyl (C=O) groups excluding carboxylic acids is 1. The van der Waals surface area contributed by atoms with Crippen molar-refractivity contribution in [1.29, 1.82) is 5.41 Å². The molecule has 1 aromatic rings. The molecule has 1 heterocycles. The Hall–Kier alpha value is -2.41. The van der Waals surface area contributed by atoms with Gasteiger partial charge in [-0.2, -0.15) is 0 Å². The molecule has 4 N–H and O–H groups in total. The van der Waals surface area contributed by atoms with Crippen molar-refractivity contribution in [2.45, 2.75) is 26.3 Å². The Morgan fingerprint density at radius 2 is 2.08 bits per heavy atom. The van der Waals surface area contributed by atoms with Crippen molar-refractivity contribution in [2.24, 2.45) is 5.41 Å². The lowest BCUT2D eigenvalue weighted by atomic mass is 9.88. The van der Waals surface area contributed by atoms with Crippen molar-refractivity contribution < 1.29 is 19.4 Å². The summed E-state index contributed by atoms with van der Waals surface area (Å²) in [5.74, 6) is -1.17. The van der Waals surface area contributed by atoms with E-state index in [1.54, 1.807) is 26.0 Å². The Morgan fingerprint density at radius 1 is 1.46 bits per heavy atom. The van der Waals surface area contributed by atoms with Crippen molar-refractivity contribution in [1.82, 2.24) is 5.32 Å². The Labute approximate surface area is 140 Å². The molecule has 130 valence electrons. The van der Waals surface area contributed by atoms with Gasteiger partial charge in [-0.3, -0.25) is 10.1 Å². The van der Waals surface area contributed by atoms with Gasteiger partial charge in [0.05, 0.1) is 6.61 Å². The largest absolute Gasteiger partial charge is 0.494 e.